The quantitative estimate of drug-likeness (QED) is 0.165. The molecule has 0 saturated carbocycles. The van der Waals surface area contributed by atoms with E-state index in [1.54, 1.807) is 12.1 Å². The number of hydrogen-bond donors (Lipinski definition) is 1. The summed E-state index contributed by atoms with van der Waals surface area (Å²) in [5, 5.41) is 2.57. The normalized spacial score (nSPS) is 23.2. The molecule has 0 unspecified atom stereocenters. The van der Waals surface area contributed by atoms with E-state index in [-0.39, 0.29) is 31.1 Å². The van der Waals surface area contributed by atoms with Gasteiger partial charge in [-0.2, -0.15) is 8.42 Å². The first-order valence-electron chi connectivity index (χ1n) is 11.8. The van der Waals surface area contributed by atoms with Crippen molar-refractivity contribution in [1.29, 1.82) is 0 Å². The van der Waals surface area contributed by atoms with Gasteiger partial charge in [0.25, 0.3) is 10.1 Å². The van der Waals surface area contributed by atoms with Gasteiger partial charge in [-0.25, -0.2) is 0 Å². The van der Waals surface area contributed by atoms with Gasteiger partial charge in [-0.3, -0.25) is 23.4 Å². The van der Waals surface area contributed by atoms with Crippen LogP contribution in [0.25, 0.3) is 0 Å². The molecule has 14 heteroatoms. The van der Waals surface area contributed by atoms with Crippen LogP contribution >= 0.6 is 0 Å². The third kappa shape index (κ3) is 9.67. The number of hydrogen-bond acceptors (Lipinski definition) is 12. The fraction of sp³-hybridized carbons (Fsp3) is 0.583. The molecule has 1 fully saturated rings. The van der Waals surface area contributed by atoms with Crippen molar-refractivity contribution in [2.45, 2.75) is 76.6 Å². The molecule has 1 aliphatic heterocycles. The smallest absolute Gasteiger partial charge is 0.303 e. The maximum absolute atomic E-state index is 12.4. The number of amides is 1. The van der Waals surface area contributed by atoms with Crippen molar-refractivity contribution in [3.63, 3.8) is 0 Å². The Morgan fingerprint density at radius 2 is 1.50 bits per heavy atom. The summed E-state index contributed by atoms with van der Waals surface area (Å²) in [6, 6.07) is 5.06. The molecule has 5 atom stereocenters. The second kappa shape index (κ2) is 14.2. The molecule has 13 nitrogen and oxygen atoms in total. The number of rotatable bonds is 12. The van der Waals surface area contributed by atoms with Crippen LogP contribution in [0.1, 0.15) is 39.7 Å². The van der Waals surface area contributed by atoms with Gasteiger partial charge in [0.05, 0.1) is 18.1 Å². The van der Waals surface area contributed by atoms with E-state index in [0.29, 0.717) is 0 Å². The molecule has 38 heavy (non-hydrogen) atoms. The van der Waals surface area contributed by atoms with Crippen molar-refractivity contribution < 1.29 is 55.5 Å². The highest BCUT2D eigenvalue weighted by Crippen LogP contribution is 2.28. The lowest BCUT2D eigenvalue weighted by atomic mass is 9.96. The lowest BCUT2D eigenvalue weighted by Crippen LogP contribution is -2.66. The van der Waals surface area contributed by atoms with E-state index in [4.69, 9.17) is 27.9 Å². The van der Waals surface area contributed by atoms with Gasteiger partial charge in [-0.1, -0.05) is 17.7 Å². The molecule has 0 aromatic heterocycles. The van der Waals surface area contributed by atoms with Gasteiger partial charge in [0.1, 0.15) is 18.8 Å². The zero-order chi connectivity index (χ0) is 28.5. The van der Waals surface area contributed by atoms with Gasteiger partial charge in [-0.15, -0.1) is 0 Å². The Kier molecular flexibility index (Phi) is 11.6. The lowest BCUT2D eigenvalue weighted by Gasteiger charge is -2.44. The SMILES string of the molecule is CC(=O)N[C@H]1[C@@H](OCCCOS(=O)(=O)c2ccc(C)cc2)O[C@H](COC(C)=O)[C@H](OC(C)=O)[C@@H]1OC(C)=O. The van der Waals surface area contributed by atoms with Crippen molar-refractivity contribution in [1.82, 2.24) is 5.32 Å². The van der Waals surface area contributed by atoms with Crippen LogP contribution in [-0.4, -0.2) is 82.7 Å². The zero-order valence-electron chi connectivity index (χ0n) is 21.8. The van der Waals surface area contributed by atoms with E-state index in [2.05, 4.69) is 5.32 Å². The van der Waals surface area contributed by atoms with Crippen LogP contribution in [-0.2, 0) is 57.2 Å². The third-order valence-corrected chi connectivity index (χ3v) is 6.52. The number of benzene rings is 1. The Morgan fingerprint density at radius 3 is 2.05 bits per heavy atom. The maximum Gasteiger partial charge on any atom is 0.303 e. The highest BCUT2D eigenvalue weighted by Gasteiger charge is 2.51. The molecular formula is C24H33NO12S. The molecule has 2 rings (SSSR count). The highest BCUT2D eigenvalue weighted by atomic mass is 32.2. The topological polar surface area (TPSA) is 170 Å². The van der Waals surface area contributed by atoms with Gasteiger partial charge in [0.2, 0.25) is 5.91 Å². The minimum atomic E-state index is -3.97. The van der Waals surface area contributed by atoms with Gasteiger partial charge in [0.15, 0.2) is 18.5 Å². The number of aryl methyl sites for hydroxylation is 1. The Bertz CT molecular complexity index is 1090. The average molecular weight is 560 g/mol. The molecule has 212 valence electrons. The first-order chi connectivity index (χ1) is 17.8. The number of nitrogens with one attached hydrogen (secondary N) is 1. The zero-order valence-corrected chi connectivity index (χ0v) is 22.6. The summed E-state index contributed by atoms with van der Waals surface area (Å²) < 4.78 is 57.1. The number of carbonyl (C=O) groups excluding carboxylic acids is 4. The van der Waals surface area contributed by atoms with Crippen molar-refractivity contribution >= 4 is 33.9 Å². The van der Waals surface area contributed by atoms with Crippen LogP contribution in [0.15, 0.2) is 29.2 Å². The van der Waals surface area contributed by atoms with Crippen LogP contribution in [0.5, 0.6) is 0 Å². The Morgan fingerprint density at radius 1 is 0.895 bits per heavy atom. The Hall–Kier alpha value is -3.07. The van der Waals surface area contributed by atoms with E-state index in [9.17, 15) is 27.6 Å². The molecule has 0 aliphatic carbocycles. The van der Waals surface area contributed by atoms with Crippen LogP contribution in [0.2, 0.25) is 0 Å². The highest BCUT2D eigenvalue weighted by molar-refractivity contribution is 7.86. The number of ether oxygens (including phenoxy) is 5. The summed E-state index contributed by atoms with van der Waals surface area (Å²) in [6.07, 6.45) is -4.74. The Labute approximate surface area is 221 Å². The molecule has 1 saturated heterocycles. The molecular weight excluding hydrogens is 526 g/mol. The largest absolute Gasteiger partial charge is 0.463 e. The molecule has 0 bridgehead atoms. The fourth-order valence-electron chi connectivity index (χ4n) is 3.63. The predicted octanol–water partition coefficient (Wildman–Crippen LogP) is 0.763. The van der Waals surface area contributed by atoms with E-state index in [1.807, 2.05) is 6.92 Å². The second-order valence-corrected chi connectivity index (χ2v) is 10.1. The monoisotopic (exact) mass is 559 g/mol. The molecule has 0 spiro atoms. The van der Waals surface area contributed by atoms with Crippen molar-refractivity contribution in [3.05, 3.63) is 29.8 Å². The number of esters is 3. The van der Waals surface area contributed by atoms with Gasteiger partial charge >= 0.3 is 17.9 Å². The fourth-order valence-corrected chi connectivity index (χ4v) is 4.58. The molecule has 0 radical (unpaired) electrons. The lowest BCUT2D eigenvalue weighted by molar-refractivity contribution is -0.278. The minimum absolute atomic E-state index is 0.0133. The van der Waals surface area contributed by atoms with Gasteiger partial charge in [-0.05, 0) is 25.5 Å². The van der Waals surface area contributed by atoms with Crippen LogP contribution < -0.4 is 5.32 Å². The Balaban J connectivity index is 2.14. The van der Waals surface area contributed by atoms with Crippen molar-refractivity contribution in [2.24, 2.45) is 0 Å². The maximum atomic E-state index is 12.4. The average Bonchev–Trinajstić information content (AvgIpc) is 2.80. The van der Waals surface area contributed by atoms with E-state index < -0.39 is 64.6 Å². The molecule has 1 N–H and O–H groups in total. The third-order valence-electron chi connectivity index (χ3n) is 5.19. The molecule has 1 aromatic carbocycles. The van der Waals surface area contributed by atoms with E-state index >= 15 is 0 Å². The van der Waals surface area contributed by atoms with E-state index in [0.717, 1.165) is 19.4 Å². The minimum Gasteiger partial charge on any atom is -0.463 e. The summed E-state index contributed by atoms with van der Waals surface area (Å²) in [6.45, 7) is 5.82. The molecule has 1 aliphatic rings. The second-order valence-electron chi connectivity index (χ2n) is 8.53. The summed E-state index contributed by atoms with van der Waals surface area (Å²) in [4.78, 5) is 47.0. The van der Waals surface area contributed by atoms with Crippen molar-refractivity contribution in [2.75, 3.05) is 19.8 Å². The van der Waals surface area contributed by atoms with Gasteiger partial charge in [0, 0.05) is 27.7 Å². The van der Waals surface area contributed by atoms with E-state index in [1.165, 1.54) is 26.0 Å². The first kappa shape index (κ1) is 31.1. The van der Waals surface area contributed by atoms with Gasteiger partial charge < -0.3 is 29.0 Å². The van der Waals surface area contributed by atoms with Crippen LogP contribution in [0.4, 0.5) is 0 Å². The standard InChI is InChI=1S/C24H33NO12S/c1-14-7-9-19(10-8-14)38(30,31)34-12-6-11-32-24-21(25-15(2)26)23(36-18(5)29)22(35-17(4)28)20(37-24)13-33-16(3)27/h7-10,20-24H,6,11-13H2,1-5H3,(H,25,26)/t20-,21-,22+,23-,24+/m1/s1. The number of carbonyl (C=O) groups is 4. The predicted molar refractivity (Wildman–Crippen MR) is 129 cm³/mol. The summed E-state index contributed by atoms with van der Waals surface area (Å²) in [5.74, 6) is -2.61. The van der Waals surface area contributed by atoms with Crippen molar-refractivity contribution in [3.8, 4) is 0 Å². The summed E-state index contributed by atoms with van der Waals surface area (Å²) >= 11 is 0. The molecule has 1 amide bonds. The van der Waals surface area contributed by atoms with Crippen LogP contribution in [0, 0.1) is 6.92 Å². The molecule has 1 aromatic rings. The van der Waals surface area contributed by atoms with Crippen LogP contribution in [0.3, 0.4) is 0 Å². The molecule has 1 heterocycles. The summed E-state index contributed by atoms with van der Waals surface area (Å²) in [5.41, 5.74) is 0.897. The first-order valence-corrected chi connectivity index (χ1v) is 13.2. The summed E-state index contributed by atoms with van der Waals surface area (Å²) in [7, 11) is -3.97.